The van der Waals surface area contributed by atoms with Crippen LogP contribution in [-0.2, 0) is 4.79 Å². The highest BCUT2D eigenvalue weighted by atomic mass is 16.5. The average Bonchev–Trinajstić information content (AvgIpc) is 2.17. The van der Waals surface area contributed by atoms with Crippen molar-refractivity contribution in [2.24, 2.45) is 0 Å². The highest BCUT2D eigenvalue weighted by Gasteiger charge is 2.05. The third-order valence-corrected chi connectivity index (χ3v) is 1.30. The van der Waals surface area contributed by atoms with Crippen molar-refractivity contribution in [3.8, 4) is 0 Å². The molecular weight excluding hydrogens is 188 g/mol. The monoisotopic (exact) mass is 196 g/mol. The summed E-state index contributed by atoms with van der Waals surface area (Å²) < 4.78 is 0. The number of hydroxylamine groups is 1. The first-order valence-corrected chi connectivity index (χ1v) is 3.67. The minimum Gasteiger partial charge on any atom is -0.295 e. The van der Waals surface area contributed by atoms with Gasteiger partial charge < -0.3 is 0 Å². The van der Waals surface area contributed by atoms with Crippen LogP contribution in [0.1, 0.15) is 17.3 Å². The minimum atomic E-state index is -0.709. The molecule has 1 aromatic heterocycles. The number of hydrogen-bond donors (Lipinski definition) is 3. The van der Waals surface area contributed by atoms with Gasteiger partial charge in [0.1, 0.15) is 0 Å². The van der Waals surface area contributed by atoms with Crippen molar-refractivity contribution in [3.63, 3.8) is 0 Å². The van der Waals surface area contributed by atoms with Crippen LogP contribution in [0, 0.1) is 0 Å². The van der Waals surface area contributed by atoms with Crippen LogP contribution in [0.3, 0.4) is 0 Å². The van der Waals surface area contributed by atoms with Crippen LogP contribution in [0.4, 0.5) is 5.95 Å². The molecule has 0 aliphatic rings. The average molecular weight is 196 g/mol. The predicted octanol–water partition coefficient (Wildman–Crippen LogP) is -0.446. The van der Waals surface area contributed by atoms with Gasteiger partial charge in [0.05, 0.1) is 5.56 Å². The van der Waals surface area contributed by atoms with E-state index in [9.17, 15) is 9.59 Å². The van der Waals surface area contributed by atoms with Gasteiger partial charge in [0.15, 0.2) is 0 Å². The zero-order valence-electron chi connectivity index (χ0n) is 7.31. The number of rotatable bonds is 2. The van der Waals surface area contributed by atoms with Crippen LogP contribution in [0.5, 0.6) is 0 Å². The van der Waals surface area contributed by atoms with Gasteiger partial charge in [-0.1, -0.05) is 0 Å². The van der Waals surface area contributed by atoms with E-state index in [1.807, 2.05) is 0 Å². The van der Waals surface area contributed by atoms with E-state index in [-0.39, 0.29) is 17.4 Å². The summed E-state index contributed by atoms with van der Waals surface area (Å²) in [5.74, 6) is -0.907. The normalized spacial score (nSPS) is 9.29. The highest BCUT2D eigenvalue weighted by molar-refractivity contribution is 5.93. The van der Waals surface area contributed by atoms with Crippen LogP contribution in [0.25, 0.3) is 0 Å². The van der Waals surface area contributed by atoms with Crippen LogP contribution in [0.15, 0.2) is 12.4 Å². The van der Waals surface area contributed by atoms with Crippen molar-refractivity contribution in [1.82, 2.24) is 15.4 Å². The van der Waals surface area contributed by atoms with Crippen molar-refractivity contribution in [3.05, 3.63) is 18.0 Å². The molecule has 0 unspecified atom stereocenters. The lowest BCUT2D eigenvalue weighted by molar-refractivity contribution is -0.114. The van der Waals surface area contributed by atoms with E-state index < -0.39 is 5.91 Å². The summed E-state index contributed by atoms with van der Waals surface area (Å²) in [6.07, 6.45) is 2.37. The van der Waals surface area contributed by atoms with Gasteiger partial charge in [-0.05, 0) is 0 Å². The molecule has 7 nitrogen and oxygen atoms in total. The highest BCUT2D eigenvalue weighted by Crippen LogP contribution is 1.99. The molecule has 0 fully saturated rings. The standard InChI is InChI=1S/C7H8N4O3/c1-4(12)10-7-8-2-5(3-9-7)6(13)11-14/h2-3,14H,1H3,(H,11,13)(H,8,9,10,12). The van der Waals surface area contributed by atoms with Gasteiger partial charge in [-0.2, -0.15) is 0 Å². The maximum atomic E-state index is 10.8. The maximum Gasteiger partial charge on any atom is 0.277 e. The lowest BCUT2D eigenvalue weighted by atomic mass is 10.3. The Balaban J connectivity index is 2.78. The quantitative estimate of drug-likeness (QED) is 0.439. The lowest BCUT2D eigenvalue weighted by Crippen LogP contribution is -2.19. The second-order valence-electron chi connectivity index (χ2n) is 2.42. The van der Waals surface area contributed by atoms with E-state index >= 15 is 0 Å². The fourth-order valence-electron chi connectivity index (χ4n) is 0.732. The Hall–Kier alpha value is -2.02. The van der Waals surface area contributed by atoms with E-state index in [0.29, 0.717) is 0 Å². The number of anilines is 1. The first-order valence-electron chi connectivity index (χ1n) is 3.67. The predicted molar refractivity (Wildman–Crippen MR) is 45.6 cm³/mol. The first kappa shape index (κ1) is 10.1. The van der Waals surface area contributed by atoms with E-state index in [2.05, 4.69) is 15.3 Å². The Morgan fingerprint density at radius 1 is 1.36 bits per heavy atom. The Labute approximate surface area is 79.1 Å². The van der Waals surface area contributed by atoms with E-state index in [0.717, 1.165) is 0 Å². The topological polar surface area (TPSA) is 104 Å². The molecule has 2 amide bonds. The summed E-state index contributed by atoms with van der Waals surface area (Å²) in [7, 11) is 0. The van der Waals surface area contributed by atoms with Crippen molar-refractivity contribution >= 4 is 17.8 Å². The summed E-state index contributed by atoms with van der Waals surface area (Å²) in [4.78, 5) is 28.7. The van der Waals surface area contributed by atoms with E-state index in [4.69, 9.17) is 5.21 Å². The molecule has 0 aromatic carbocycles. The molecule has 7 heteroatoms. The van der Waals surface area contributed by atoms with Crippen LogP contribution in [-0.4, -0.2) is 27.0 Å². The number of nitrogens with one attached hydrogen (secondary N) is 2. The summed E-state index contributed by atoms with van der Waals surface area (Å²) in [5.41, 5.74) is 1.53. The summed E-state index contributed by atoms with van der Waals surface area (Å²) >= 11 is 0. The van der Waals surface area contributed by atoms with E-state index in [1.165, 1.54) is 24.8 Å². The van der Waals surface area contributed by atoms with Crippen LogP contribution < -0.4 is 10.8 Å². The number of aromatic nitrogens is 2. The molecule has 14 heavy (non-hydrogen) atoms. The molecule has 1 aromatic rings. The second-order valence-corrected chi connectivity index (χ2v) is 2.42. The Morgan fingerprint density at radius 2 is 1.93 bits per heavy atom. The molecule has 0 aliphatic heterocycles. The van der Waals surface area contributed by atoms with Gasteiger partial charge in [-0.15, -0.1) is 0 Å². The van der Waals surface area contributed by atoms with Gasteiger partial charge in [0.2, 0.25) is 11.9 Å². The molecule has 0 spiro atoms. The third kappa shape index (κ3) is 2.49. The molecule has 1 rings (SSSR count). The maximum absolute atomic E-state index is 10.8. The molecule has 1 heterocycles. The molecule has 0 bridgehead atoms. The zero-order chi connectivity index (χ0) is 10.6. The summed E-state index contributed by atoms with van der Waals surface area (Å²) in [6, 6.07) is 0. The van der Waals surface area contributed by atoms with Crippen molar-refractivity contribution in [2.45, 2.75) is 6.92 Å². The van der Waals surface area contributed by atoms with E-state index in [1.54, 1.807) is 0 Å². The fraction of sp³-hybridized carbons (Fsp3) is 0.143. The molecule has 0 aliphatic carbocycles. The number of nitrogens with zero attached hydrogens (tertiary/aromatic N) is 2. The van der Waals surface area contributed by atoms with Crippen molar-refractivity contribution < 1.29 is 14.8 Å². The van der Waals surface area contributed by atoms with Gasteiger partial charge >= 0.3 is 0 Å². The van der Waals surface area contributed by atoms with Gasteiger partial charge in [-0.3, -0.25) is 20.1 Å². The third-order valence-electron chi connectivity index (χ3n) is 1.30. The Kier molecular flexibility index (Phi) is 3.08. The van der Waals surface area contributed by atoms with Gasteiger partial charge in [0.25, 0.3) is 5.91 Å². The molecule has 0 atom stereocenters. The van der Waals surface area contributed by atoms with Crippen molar-refractivity contribution in [1.29, 1.82) is 0 Å². The van der Waals surface area contributed by atoms with Crippen LogP contribution in [0.2, 0.25) is 0 Å². The summed E-state index contributed by atoms with van der Waals surface area (Å²) in [6.45, 7) is 1.32. The fourth-order valence-corrected chi connectivity index (χ4v) is 0.732. The number of hydrogen-bond acceptors (Lipinski definition) is 5. The molecule has 3 N–H and O–H groups in total. The van der Waals surface area contributed by atoms with Crippen LogP contribution >= 0.6 is 0 Å². The smallest absolute Gasteiger partial charge is 0.277 e. The Bertz CT molecular complexity index is 348. The molecule has 0 saturated carbocycles. The zero-order valence-corrected chi connectivity index (χ0v) is 7.31. The lowest BCUT2D eigenvalue weighted by Gasteiger charge is -2.00. The Morgan fingerprint density at radius 3 is 2.36 bits per heavy atom. The molecular formula is C7H8N4O3. The molecule has 0 radical (unpaired) electrons. The summed E-state index contributed by atoms with van der Waals surface area (Å²) in [5, 5.41) is 10.6. The number of amides is 2. The number of carbonyl (C=O) groups excluding carboxylic acids is 2. The van der Waals surface area contributed by atoms with Gasteiger partial charge in [-0.25, -0.2) is 15.4 Å². The largest absolute Gasteiger partial charge is 0.295 e. The SMILES string of the molecule is CC(=O)Nc1ncc(C(=O)NO)cn1. The molecule has 74 valence electrons. The number of carbonyl (C=O) groups is 2. The molecule has 0 saturated heterocycles. The van der Waals surface area contributed by atoms with Gasteiger partial charge in [0, 0.05) is 19.3 Å². The first-order chi connectivity index (χ1) is 6.63. The minimum absolute atomic E-state index is 0.0987. The van der Waals surface area contributed by atoms with Crippen molar-refractivity contribution in [2.75, 3.05) is 5.32 Å². The second kappa shape index (κ2) is 4.28.